The Labute approximate surface area is 138 Å². The van der Waals surface area contributed by atoms with Gasteiger partial charge in [0, 0.05) is 11.8 Å². The number of thiol groups is 1. The molecule has 0 bridgehead atoms. The van der Waals surface area contributed by atoms with Crippen LogP contribution in [0.1, 0.15) is 0 Å². The van der Waals surface area contributed by atoms with E-state index in [2.05, 4.69) is 33.5 Å². The summed E-state index contributed by atoms with van der Waals surface area (Å²) in [4.78, 5) is 0. The van der Waals surface area contributed by atoms with Crippen LogP contribution in [-0.2, 0) is 0 Å². The molecule has 1 N–H and O–H groups in total. The van der Waals surface area contributed by atoms with E-state index in [4.69, 9.17) is 9.47 Å². The second kappa shape index (κ2) is 7.01. The lowest BCUT2D eigenvalue weighted by atomic mass is 10.3. The third kappa shape index (κ3) is 3.72. The predicted octanol–water partition coefficient (Wildman–Crippen LogP) is 2.41. The number of anilines is 1. The van der Waals surface area contributed by atoms with Gasteiger partial charge in [0.1, 0.15) is 11.5 Å². The number of nitrogens with one attached hydrogen (secondary N) is 1. The number of tetrazole rings is 1. The van der Waals surface area contributed by atoms with Crippen LogP contribution in [0.3, 0.4) is 0 Å². The van der Waals surface area contributed by atoms with Crippen LogP contribution in [0.15, 0.2) is 53.7 Å². The zero-order valence-corrected chi connectivity index (χ0v) is 13.3. The minimum atomic E-state index is 0.319. The highest BCUT2D eigenvalue weighted by Gasteiger charge is 2.05. The van der Waals surface area contributed by atoms with Gasteiger partial charge in [0.05, 0.1) is 12.8 Å². The molecule has 0 aliphatic carbocycles. The van der Waals surface area contributed by atoms with E-state index in [1.54, 1.807) is 7.11 Å². The van der Waals surface area contributed by atoms with Gasteiger partial charge in [-0.2, -0.15) is 4.68 Å². The monoisotopic (exact) mass is 329 g/mol. The van der Waals surface area contributed by atoms with Gasteiger partial charge in [0.25, 0.3) is 0 Å². The van der Waals surface area contributed by atoms with Crippen LogP contribution in [0.25, 0.3) is 5.69 Å². The average molecular weight is 329 g/mol. The smallest absolute Gasteiger partial charge is 0.211 e. The standard InChI is InChI=1S/C15H15N5O2S/c1-21-13-6-3-7-14(9-13)22-10-16-11-4-2-5-12(8-11)20-15(23)17-18-19-20/h2-9,16H,10H2,1H3,(H,17,19,23). The Hall–Kier alpha value is -2.74. The molecule has 118 valence electrons. The number of methoxy groups -OCH3 is 1. The number of aromatic nitrogens is 4. The van der Waals surface area contributed by atoms with Crippen molar-refractivity contribution in [3.63, 3.8) is 0 Å². The zero-order valence-electron chi connectivity index (χ0n) is 12.4. The van der Waals surface area contributed by atoms with Crippen LogP contribution in [0.5, 0.6) is 11.5 Å². The van der Waals surface area contributed by atoms with Crippen molar-refractivity contribution in [3.05, 3.63) is 48.5 Å². The summed E-state index contributed by atoms with van der Waals surface area (Å²) in [7, 11) is 1.62. The topological polar surface area (TPSA) is 74.1 Å². The molecule has 0 saturated carbocycles. The molecule has 0 amide bonds. The molecule has 0 fully saturated rings. The maximum absolute atomic E-state index is 5.65. The maximum Gasteiger partial charge on any atom is 0.211 e. The fourth-order valence-electron chi connectivity index (χ4n) is 1.99. The van der Waals surface area contributed by atoms with Gasteiger partial charge in [0.15, 0.2) is 6.73 Å². The molecular formula is C15H15N5O2S. The Morgan fingerprint density at radius 1 is 1.13 bits per heavy atom. The molecule has 3 rings (SSSR count). The highest BCUT2D eigenvalue weighted by Crippen LogP contribution is 2.19. The first-order valence-corrected chi connectivity index (χ1v) is 7.29. The van der Waals surface area contributed by atoms with Crippen LogP contribution >= 0.6 is 12.6 Å². The molecule has 0 saturated heterocycles. The van der Waals surface area contributed by atoms with Crippen molar-refractivity contribution in [2.75, 3.05) is 19.2 Å². The molecule has 3 aromatic rings. The summed E-state index contributed by atoms with van der Waals surface area (Å²) in [6.07, 6.45) is 0. The van der Waals surface area contributed by atoms with Crippen LogP contribution in [0.4, 0.5) is 5.69 Å². The van der Waals surface area contributed by atoms with E-state index >= 15 is 0 Å². The normalized spacial score (nSPS) is 10.3. The van der Waals surface area contributed by atoms with Crippen molar-refractivity contribution in [3.8, 4) is 17.2 Å². The lowest BCUT2D eigenvalue weighted by Gasteiger charge is -2.11. The second-order valence-corrected chi connectivity index (χ2v) is 4.99. The molecule has 1 heterocycles. The molecule has 0 radical (unpaired) electrons. The Morgan fingerprint density at radius 3 is 2.74 bits per heavy atom. The molecule has 23 heavy (non-hydrogen) atoms. The van der Waals surface area contributed by atoms with E-state index < -0.39 is 0 Å². The first-order chi connectivity index (χ1) is 11.3. The van der Waals surface area contributed by atoms with E-state index in [-0.39, 0.29) is 0 Å². The fraction of sp³-hybridized carbons (Fsp3) is 0.133. The number of nitrogens with zero attached hydrogens (tertiary/aromatic N) is 4. The highest BCUT2D eigenvalue weighted by atomic mass is 32.1. The first-order valence-electron chi connectivity index (χ1n) is 6.85. The summed E-state index contributed by atoms with van der Waals surface area (Å²) in [6, 6.07) is 15.1. The molecule has 0 spiro atoms. The van der Waals surface area contributed by atoms with Gasteiger partial charge in [-0.1, -0.05) is 12.1 Å². The van der Waals surface area contributed by atoms with Crippen molar-refractivity contribution in [1.29, 1.82) is 0 Å². The maximum atomic E-state index is 5.65. The molecule has 7 nitrogen and oxygen atoms in total. The van der Waals surface area contributed by atoms with E-state index in [0.717, 1.165) is 22.9 Å². The predicted molar refractivity (Wildman–Crippen MR) is 88.5 cm³/mol. The summed E-state index contributed by atoms with van der Waals surface area (Å²) < 4.78 is 12.4. The van der Waals surface area contributed by atoms with Crippen molar-refractivity contribution in [2.24, 2.45) is 0 Å². The third-order valence-electron chi connectivity index (χ3n) is 3.10. The number of hydrogen-bond acceptors (Lipinski definition) is 7. The van der Waals surface area contributed by atoms with Gasteiger partial charge in [-0.05, 0) is 40.8 Å². The Morgan fingerprint density at radius 2 is 1.96 bits per heavy atom. The van der Waals surface area contributed by atoms with Crippen LogP contribution < -0.4 is 14.8 Å². The van der Waals surface area contributed by atoms with E-state index in [1.165, 1.54) is 4.68 Å². The summed E-state index contributed by atoms with van der Waals surface area (Å²) in [5.74, 6) is 1.48. The van der Waals surface area contributed by atoms with Gasteiger partial charge in [-0.3, -0.25) is 0 Å². The minimum Gasteiger partial charge on any atom is -0.497 e. The second-order valence-electron chi connectivity index (χ2n) is 4.59. The van der Waals surface area contributed by atoms with Gasteiger partial charge in [0.2, 0.25) is 5.16 Å². The summed E-state index contributed by atoms with van der Waals surface area (Å²) in [5.41, 5.74) is 1.69. The number of hydrogen-bond donors (Lipinski definition) is 2. The molecule has 2 aromatic carbocycles. The molecule has 1 aromatic heterocycles. The van der Waals surface area contributed by atoms with Crippen molar-refractivity contribution < 1.29 is 9.47 Å². The first kappa shape index (κ1) is 15.2. The van der Waals surface area contributed by atoms with Crippen LogP contribution in [0.2, 0.25) is 0 Å². The largest absolute Gasteiger partial charge is 0.497 e. The molecular weight excluding hydrogens is 314 g/mol. The minimum absolute atomic E-state index is 0.319. The lowest BCUT2D eigenvalue weighted by Crippen LogP contribution is -2.09. The number of ether oxygens (including phenoxy) is 2. The molecule has 0 unspecified atom stereocenters. The number of rotatable bonds is 6. The van der Waals surface area contributed by atoms with Crippen LogP contribution in [-0.4, -0.2) is 34.0 Å². The highest BCUT2D eigenvalue weighted by molar-refractivity contribution is 7.80. The van der Waals surface area contributed by atoms with Gasteiger partial charge in [-0.15, -0.1) is 17.7 Å². The lowest BCUT2D eigenvalue weighted by molar-refractivity contribution is 0.342. The van der Waals surface area contributed by atoms with Crippen molar-refractivity contribution in [2.45, 2.75) is 5.16 Å². The van der Waals surface area contributed by atoms with Gasteiger partial charge in [-0.25, -0.2) is 0 Å². The van der Waals surface area contributed by atoms with Crippen LogP contribution in [0, 0.1) is 0 Å². The Bertz CT molecular complexity index is 793. The van der Waals surface area contributed by atoms with E-state index in [9.17, 15) is 0 Å². The average Bonchev–Trinajstić information content (AvgIpc) is 3.01. The summed E-state index contributed by atoms with van der Waals surface area (Å²) >= 11 is 4.20. The fourth-order valence-corrected chi connectivity index (χ4v) is 2.19. The molecule has 0 aliphatic heterocycles. The zero-order chi connectivity index (χ0) is 16.1. The van der Waals surface area contributed by atoms with Gasteiger partial charge >= 0.3 is 0 Å². The van der Waals surface area contributed by atoms with Gasteiger partial charge < -0.3 is 14.8 Å². The number of benzene rings is 2. The van der Waals surface area contributed by atoms with E-state index in [0.29, 0.717) is 11.9 Å². The Kier molecular flexibility index (Phi) is 4.62. The van der Waals surface area contributed by atoms with E-state index in [1.807, 2.05) is 48.5 Å². The summed E-state index contributed by atoms with van der Waals surface area (Å²) in [6.45, 7) is 0.319. The van der Waals surface area contributed by atoms with Crippen molar-refractivity contribution >= 4 is 18.3 Å². The molecule has 8 heteroatoms. The molecule has 0 atom stereocenters. The van der Waals surface area contributed by atoms with Crippen molar-refractivity contribution in [1.82, 2.24) is 20.2 Å². The SMILES string of the molecule is COc1cccc(OCNc2cccc(-n3nnnc3S)c2)c1. The third-order valence-corrected chi connectivity index (χ3v) is 3.38. The molecule has 0 aliphatic rings. The Balaban J connectivity index is 1.63. The summed E-state index contributed by atoms with van der Waals surface area (Å²) in [5, 5.41) is 14.8. The quantitative estimate of drug-likeness (QED) is 0.534.